The Kier molecular flexibility index (Phi) is 7.49. The van der Waals surface area contributed by atoms with E-state index >= 15 is 0 Å². The number of carbonyl (C=O) groups is 2. The molecule has 1 aromatic heterocycles. The molecule has 182 valence electrons. The van der Waals surface area contributed by atoms with Crippen molar-refractivity contribution in [3.05, 3.63) is 100 Å². The molecular weight excluding hydrogens is 470 g/mol. The second kappa shape index (κ2) is 11.3. The van der Waals surface area contributed by atoms with Crippen LogP contribution in [-0.2, 0) is 7.05 Å². The van der Waals surface area contributed by atoms with Crippen molar-refractivity contribution in [2.45, 2.75) is 0 Å². The van der Waals surface area contributed by atoms with Crippen molar-refractivity contribution in [2.75, 3.05) is 17.2 Å². The highest BCUT2D eigenvalue weighted by atomic mass is 16.5. The van der Waals surface area contributed by atoms with E-state index in [9.17, 15) is 9.59 Å². The van der Waals surface area contributed by atoms with Crippen molar-refractivity contribution < 1.29 is 14.3 Å². The van der Waals surface area contributed by atoms with Gasteiger partial charge in [0.05, 0.1) is 5.69 Å². The smallest absolute Gasteiger partial charge is 0.256 e. The maximum absolute atomic E-state index is 12.6. The first-order chi connectivity index (χ1) is 18.0. The van der Waals surface area contributed by atoms with Crippen LogP contribution in [0.15, 0.2) is 84.0 Å². The van der Waals surface area contributed by atoms with E-state index in [1.807, 2.05) is 12.1 Å². The molecular formula is C27H21N7O3. The van der Waals surface area contributed by atoms with Crippen LogP contribution in [0.5, 0.6) is 5.75 Å². The number of azide groups is 1. The van der Waals surface area contributed by atoms with Gasteiger partial charge in [0.2, 0.25) is 0 Å². The van der Waals surface area contributed by atoms with Crippen LogP contribution in [0.1, 0.15) is 20.7 Å². The van der Waals surface area contributed by atoms with E-state index in [4.69, 9.17) is 16.7 Å². The molecule has 0 radical (unpaired) electrons. The molecule has 1 heterocycles. The van der Waals surface area contributed by atoms with E-state index in [0.29, 0.717) is 39.8 Å². The quantitative estimate of drug-likeness (QED) is 0.145. The van der Waals surface area contributed by atoms with Crippen LogP contribution in [-0.4, -0.2) is 28.2 Å². The van der Waals surface area contributed by atoms with Crippen LogP contribution in [0.2, 0.25) is 0 Å². The number of benzene rings is 3. The van der Waals surface area contributed by atoms with E-state index in [2.05, 4.69) is 31.7 Å². The third-order valence-electron chi connectivity index (χ3n) is 5.27. The zero-order valence-electron chi connectivity index (χ0n) is 19.8. The molecule has 0 aliphatic heterocycles. The summed E-state index contributed by atoms with van der Waals surface area (Å²) in [4.78, 5) is 28.0. The first kappa shape index (κ1) is 24.6. The average molecular weight is 492 g/mol. The van der Waals surface area contributed by atoms with Gasteiger partial charge in [0.25, 0.3) is 11.8 Å². The second-order valence-electron chi connectivity index (χ2n) is 7.78. The molecule has 0 bridgehead atoms. The van der Waals surface area contributed by atoms with Gasteiger partial charge >= 0.3 is 0 Å². The molecule has 0 aliphatic rings. The third kappa shape index (κ3) is 6.14. The molecule has 2 N–H and O–H groups in total. The molecule has 3 aromatic carbocycles. The van der Waals surface area contributed by atoms with E-state index < -0.39 is 0 Å². The summed E-state index contributed by atoms with van der Waals surface area (Å²) in [5, 5.41) is 13.6. The van der Waals surface area contributed by atoms with Gasteiger partial charge in [-0.25, -0.2) is 0 Å². The maximum atomic E-state index is 12.6. The van der Waals surface area contributed by atoms with Gasteiger partial charge in [-0.3, -0.25) is 14.3 Å². The first-order valence-corrected chi connectivity index (χ1v) is 11.1. The summed E-state index contributed by atoms with van der Waals surface area (Å²) in [7, 11) is 1.72. The number of hydrogen-bond donors (Lipinski definition) is 2. The Morgan fingerprint density at radius 2 is 1.76 bits per heavy atom. The summed E-state index contributed by atoms with van der Waals surface area (Å²) in [5.74, 6) is 2.80. The van der Waals surface area contributed by atoms with E-state index in [1.165, 1.54) is 0 Å². The highest BCUT2D eigenvalue weighted by Crippen LogP contribution is 2.24. The molecule has 4 aromatic rings. The summed E-state index contributed by atoms with van der Waals surface area (Å²) in [6.07, 6.45) is 5.21. The molecule has 0 spiro atoms. The van der Waals surface area contributed by atoms with Crippen molar-refractivity contribution in [3.63, 3.8) is 0 Å². The fourth-order valence-corrected chi connectivity index (χ4v) is 3.42. The topological polar surface area (TPSA) is 134 Å². The van der Waals surface area contributed by atoms with Gasteiger partial charge < -0.3 is 15.4 Å². The van der Waals surface area contributed by atoms with Crippen LogP contribution in [0.4, 0.5) is 17.2 Å². The van der Waals surface area contributed by atoms with Gasteiger partial charge in [-0.1, -0.05) is 41.4 Å². The Morgan fingerprint density at radius 3 is 2.46 bits per heavy atom. The number of aryl methyl sites for hydroxylation is 1. The number of hydrogen-bond acceptors (Lipinski definition) is 5. The summed E-state index contributed by atoms with van der Waals surface area (Å²) in [6, 6.07) is 22.0. The van der Waals surface area contributed by atoms with Crippen molar-refractivity contribution in [1.29, 1.82) is 0 Å². The lowest BCUT2D eigenvalue weighted by molar-refractivity contribution is 0.101. The SMILES string of the molecule is C#CCOc1cccc(C(=O)Nc2ccc(-c3cc(NC(=O)c4ccc(N=[N+]=[N-])cc4)n(C)n3)cc2)c1. The average Bonchev–Trinajstić information content (AvgIpc) is 3.28. The number of nitrogens with one attached hydrogen (secondary N) is 2. The minimum atomic E-state index is -0.325. The van der Waals surface area contributed by atoms with Crippen molar-refractivity contribution in [3.8, 4) is 29.4 Å². The number of carbonyl (C=O) groups excluding carboxylic acids is 2. The minimum absolute atomic E-state index is 0.122. The van der Waals surface area contributed by atoms with E-state index in [0.717, 1.165) is 5.56 Å². The molecule has 0 unspecified atom stereocenters. The Balaban J connectivity index is 1.42. The molecule has 2 amide bonds. The highest BCUT2D eigenvalue weighted by Gasteiger charge is 2.13. The van der Waals surface area contributed by atoms with Crippen LogP contribution >= 0.6 is 0 Å². The Bertz CT molecular complexity index is 1530. The lowest BCUT2D eigenvalue weighted by Gasteiger charge is -2.08. The van der Waals surface area contributed by atoms with Crippen LogP contribution in [0.3, 0.4) is 0 Å². The molecule has 0 fully saturated rings. The lowest BCUT2D eigenvalue weighted by Crippen LogP contribution is -2.14. The molecule has 10 heteroatoms. The largest absolute Gasteiger partial charge is 0.481 e. The molecule has 0 saturated heterocycles. The van der Waals surface area contributed by atoms with Gasteiger partial charge in [-0.05, 0) is 48.0 Å². The van der Waals surface area contributed by atoms with Gasteiger partial charge in [-0.2, -0.15) is 5.10 Å². The van der Waals surface area contributed by atoms with Gasteiger partial charge in [0.1, 0.15) is 18.2 Å². The summed E-state index contributed by atoms with van der Waals surface area (Å²) in [5.41, 5.74) is 11.8. The van der Waals surface area contributed by atoms with Crippen LogP contribution < -0.4 is 15.4 Å². The molecule has 0 saturated carbocycles. The first-order valence-electron chi connectivity index (χ1n) is 11.1. The molecule has 37 heavy (non-hydrogen) atoms. The van der Waals surface area contributed by atoms with Crippen molar-refractivity contribution in [2.24, 2.45) is 12.2 Å². The Hall–Kier alpha value is -5.52. The summed E-state index contributed by atoms with van der Waals surface area (Å²) in [6.45, 7) is 0.122. The van der Waals surface area contributed by atoms with Gasteiger partial charge in [0, 0.05) is 46.1 Å². The fraction of sp³-hybridized carbons (Fsp3) is 0.0741. The van der Waals surface area contributed by atoms with Gasteiger partial charge in [0.15, 0.2) is 0 Å². The van der Waals surface area contributed by atoms with Crippen molar-refractivity contribution >= 4 is 29.0 Å². The predicted octanol–water partition coefficient (Wildman–Crippen LogP) is 5.55. The Morgan fingerprint density at radius 1 is 1.03 bits per heavy atom. The highest BCUT2D eigenvalue weighted by molar-refractivity contribution is 6.05. The van der Waals surface area contributed by atoms with Crippen LogP contribution in [0.25, 0.3) is 21.7 Å². The Labute approximate surface area is 212 Å². The number of anilines is 2. The number of rotatable bonds is 8. The minimum Gasteiger partial charge on any atom is -0.481 e. The third-order valence-corrected chi connectivity index (χ3v) is 5.27. The second-order valence-corrected chi connectivity index (χ2v) is 7.78. The maximum Gasteiger partial charge on any atom is 0.256 e. The van der Waals surface area contributed by atoms with Crippen molar-refractivity contribution in [1.82, 2.24) is 9.78 Å². The van der Waals surface area contributed by atoms with E-state index in [-0.39, 0.29) is 18.4 Å². The number of amides is 2. The summed E-state index contributed by atoms with van der Waals surface area (Å²) >= 11 is 0. The van der Waals surface area contributed by atoms with E-state index in [1.54, 1.807) is 78.5 Å². The monoisotopic (exact) mass is 491 g/mol. The number of nitrogens with zero attached hydrogens (tertiary/aromatic N) is 5. The standard InChI is InChI=1S/C27H21N7O3/c1-3-15-37-23-6-4-5-20(16-23)27(36)29-21-11-7-18(8-12-21)24-17-25(34(2)32-24)30-26(35)19-9-13-22(14-10-19)31-33-28/h1,4-14,16-17H,15H2,2H3,(H,29,36)(H,30,35). The predicted molar refractivity (Wildman–Crippen MR) is 141 cm³/mol. The van der Waals surface area contributed by atoms with Gasteiger partial charge in [-0.15, -0.1) is 6.42 Å². The molecule has 0 aliphatic carbocycles. The zero-order chi connectivity index (χ0) is 26.2. The number of aromatic nitrogens is 2. The molecule has 10 nitrogen and oxygen atoms in total. The lowest BCUT2D eigenvalue weighted by atomic mass is 10.1. The normalized spacial score (nSPS) is 10.1. The van der Waals surface area contributed by atoms with Crippen LogP contribution in [0, 0.1) is 12.3 Å². The number of ether oxygens (including phenoxy) is 1. The molecule has 0 atom stereocenters. The fourth-order valence-electron chi connectivity index (χ4n) is 3.42. The zero-order valence-corrected chi connectivity index (χ0v) is 19.8. The summed E-state index contributed by atoms with van der Waals surface area (Å²) < 4.78 is 6.93. The molecule has 4 rings (SSSR count). The number of terminal acetylenes is 1.